The lowest BCUT2D eigenvalue weighted by Crippen LogP contribution is -2.11. The highest BCUT2D eigenvalue weighted by Crippen LogP contribution is 2.27. The first kappa shape index (κ1) is 15.4. The van der Waals surface area contributed by atoms with Crippen molar-refractivity contribution in [3.05, 3.63) is 53.8 Å². The van der Waals surface area contributed by atoms with Crippen molar-refractivity contribution < 1.29 is 17.5 Å². The van der Waals surface area contributed by atoms with Gasteiger partial charge in [-0.05, 0) is 36.4 Å². The van der Waals surface area contributed by atoms with Gasteiger partial charge in [-0.1, -0.05) is 18.3 Å². The number of halogens is 1. The number of thiocarbonyl (C=S) groups is 1. The molecule has 2 N–H and O–H groups in total. The van der Waals surface area contributed by atoms with Gasteiger partial charge in [-0.25, -0.2) is 12.8 Å². The lowest BCUT2D eigenvalue weighted by Gasteiger charge is -2.11. The van der Waals surface area contributed by atoms with Gasteiger partial charge in [0.25, 0.3) is 0 Å². The fourth-order valence-corrected chi connectivity index (χ4v) is 2.49. The third-order valence-corrected chi connectivity index (χ3v) is 4.00. The summed E-state index contributed by atoms with van der Waals surface area (Å²) in [4.78, 5) is 0.114. The van der Waals surface area contributed by atoms with Gasteiger partial charge < -0.3 is 10.5 Å². The van der Waals surface area contributed by atoms with E-state index in [1.165, 1.54) is 24.3 Å². The monoisotopic (exact) mass is 325 g/mol. The number of sulfone groups is 1. The Bertz CT molecular complexity index is 804. The molecule has 0 fully saturated rings. The molecule has 4 nitrogen and oxygen atoms in total. The van der Waals surface area contributed by atoms with E-state index in [0.717, 1.165) is 12.3 Å². The largest absolute Gasteiger partial charge is 0.457 e. The highest BCUT2D eigenvalue weighted by molar-refractivity contribution is 7.90. The van der Waals surface area contributed by atoms with Crippen molar-refractivity contribution >= 4 is 27.0 Å². The van der Waals surface area contributed by atoms with Gasteiger partial charge >= 0.3 is 0 Å². The van der Waals surface area contributed by atoms with Gasteiger partial charge in [0.2, 0.25) is 0 Å². The predicted molar refractivity (Wildman–Crippen MR) is 81.9 cm³/mol. The van der Waals surface area contributed by atoms with Gasteiger partial charge in [0.1, 0.15) is 22.3 Å². The molecule has 0 unspecified atom stereocenters. The van der Waals surface area contributed by atoms with Crippen LogP contribution in [0.2, 0.25) is 0 Å². The van der Waals surface area contributed by atoms with Crippen LogP contribution in [-0.4, -0.2) is 19.7 Å². The third-order valence-electron chi connectivity index (χ3n) is 2.67. The molecule has 0 aromatic heterocycles. The molecule has 0 heterocycles. The maximum absolute atomic E-state index is 13.2. The van der Waals surface area contributed by atoms with E-state index in [1.54, 1.807) is 12.1 Å². The molecule has 0 amide bonds. The van der Waals surface area contributed by atoms with Crippen LogP contribution in [0.15, 0.2) is 47.4 Å². The Morgan fingerprint density at radius 1 is 1.24 bits per heavy atom. The summed E-state index contributed by atoms with van der Waals surface area (Å²) >= 11 is 4.85. The van der Waals surface area contributed by atoms with Gasteiger partial charge in [-0.3, -0.25) is 0 Å². The zero-order valence-corrected chi connectivity index (χ0v) is 12.7. The fraction of sp³-hybridized carbons (Fsp3) is 0.0714. The molecule has 0 radical (unpaired) electrons. The highest BCUT2D eigenvalue weighted by Gasteiger charge is 2.12. The highest BCUT2D eigenvalue weighted by atomic mass is 32.2. The van der Waals surface area contributed by atoms with Crippen molar-refractivity contribution in [3.8, 4) is 11.5 Å². The van der Waals surface area contributed by atoms with Crippen molar-refractivity contribution in [3.63, 3.8) is 0 Å². The smallest absolute Gasteiger partial charge is 0.175 e. The molecule has 7 heteroatoms. The lowest BCUT2D eigenvalue weighted by molar-refractivity contribution is 0.477. The van der Waals surface area contributed by atoms with Crippen molar-refractivity contribution in [1.29, 1.82) is 0 Å². The molecular formula is C14H12FNO3S2. The molecule has 0 aliphatic rings. The van der Waals surface area contributed by atoms with Gasteiger partial charge in [-0.2, -0.15) is 0 Å². The zero-order chi connectivity index (χ0) is 15.6. The van der Waals surface area contributed by atoms with Crippen LogP contribution in [0.4, 0.5) is 4.39 Å². The second-order valence-corrected chi connectivity index (χ2v) is 6.81. The van der Waals surface area contributed by atoms with Crippen LogP contribution in [0, 0.1) is 5.82 Å². The van der Waals surface area contributed by atoms with Crippen molar-refractivity contribution in [2.45, 2.75) is 4.90 Å². The summed E-state index contributed by atoms with van der Waals surface area (Å²) in [5.41, 5.74) is 5.77. The maximum atomic E-state index is 13.2. The molecule has 110 valence electrons. The molecule has 0 aliphatic heterocycles. The molecule has 0 atom stereocenters. The first-order chi connectivity index (χ1) is 9.77. The Morgan fingerprint density at radius 2 is 1.95 bits per heavy atom. The van der Waals surface area contributed by atoms with Crippen LogP contribution >= 0.6 is 12.2 Å². The molecule has 0 saturated carbocycles. The fourth-order valence-electron chi connectivity index (χ4n) is 1.68. The van der Waals surface area contributed by atoms with Crippen molar-refractivity contribution in [2.75, 3.05) is 6.26 Å². The van der Waals surface area contributed by atoms with Crippen LogP contribution in [0.1, 0.15) is 5.56 Å². The summed E-state index contributed by atoms with van der Waals surface area (Å²) < 4.78 is 41.8. The van der Waals surface area contributed by atoms with Crippen LogP contribution in [0.25, 0.3) is 0 Å². The molecule has 0 aliphatic carbocycles. The predicted octanol–water partition coefficient (Wildman–Crippen LogP) is 2.66. The second-order valence-electron chi connectivity index (χ2n) is 4.35. The van der Waals surface area contributed by atoms with E-state index in [-0.39, 0.29) is 21.2 Å². The van der Waals surface area contributed by atoms with Gasteiger partial charge in [0, 0.05) is 6.26 Å². The van der Waals surface area contributed by atoms with Crippen molar-refractivity contribution in [2.24, 2.45) is 5.73 Å². The Balaban J connectivity index is 2.41. The van der Waals surface area contributed by atoms with Crippen LogP contribution in [0.3, 0.4) is 0 Å². The minimum atomic E-state index is -3.34. The van der Waals surface area contributed by atoms with E-state index in [9.17, 15) is 12.8 Å². The summed E-state index contributed by atoms with van der Waals surface area (Å²) in [7, 11) is -3.34. The van der Waals surface area contributed by atoms with Crippen LogP contribution in [0.5, 0.6) is 11.5 Å². The molecular weight excluding hydrogens is 313 g/mol. The minimum absolute atomic E-state index is 0.0104. The second kappa shape index (κ2) is 5.79. The molecule has 21 heavy (non-hydrogen) atoms. The Hall–Kier alpha value is -1.99. The van der Waals surface area contributed by atoms with E-state index in [4.69, 9.17) is 22.7 Å². The molecule has 0 bridgehead atoms. The molecule has 0 saturated heterocycles. The number of hydrogen-bond acceptors (Lipinski definition) is 4. The number of nitrogens with two attached hydrogens (primary N) is 1. The van der Waals surface area contributed by atoms with Gasteiger partial charge in [-0.15, -0.1) is 0 Å². The van der Waals surface area contributed by atoms with E-state index >= 15 is 0 Å². The normalized spacial score (nSPS) is 11.1. The molecule has 2 aromatic rings. The van der Waals surface area contributed by atoms with Crippen LogP contribution in [-0.2, 0) is 9.84 Å². The average molecular weight is 325 g/mol. The Morgan fingerprint density at radius 3 is 2.57 bits per heavy atom. The summed E-state index contributed by atoms with van der Waals surface area (Å²) in [5.74, 6) is 0.0617. The van der Waals surface area contributed by atoms with Crippen LogP contribution < -0.4 is 10.5 Å². The average Bonchev–Trinajstić information content (AvgIpc) is 2.40. The molecule has 2 rings (SSSR count). The summed E-state index contributed by atoms with van der Waals surface area (Å²) in [6.45, 7) is 0. The zero-order valence-electron chi connectivity index (χ0n) is 11.0. The number of rotatable bonds is 4. The number of benzene rings is 2. The van der Waals surface area contributed by atoms with E-state index in [1.807, 2.05) is 0 Å². The van der Waals surface area contributed by atoms with Gasteiger partial charge in [0.05, 0.1) is 10.5 Å². The minimum Gasteiger partial charge on any atom is -0.457 e. The maximum Gasteiger partial charge on any atom is 0.175 e. The number of ether oxygens (including phenoxy) is 1. The number of hydrogen-bond donors (Lipinski definition) is 1. The van der Waals surface area contributed by atoms with E-state index < -0.39 is 15.7 Å². The Labute approximate surface area is 127 Å². The lowest BCUT2D eigenvalue weighted by atomic mass is 10.2. The Kier molecular flexibility index (Phi) is 4.24. The summed E-state index contributed by atoms with van der Waals surface area (Å²) in [5, 5.41) is 0. The van der Waals surface area contributed by atoms with Gasteiger partial charge in [0.15, 0.2) is 9.84 Å². The van der Waals surface area contributed by atoms with Crippen molar-refractivity contribution in [1.82, 2.24) is 0 Å². The van der Waals surface area contributed by atoms with E-state index in [2.05, 4.69) is 0 Å². The third kappa shape index (κ3) is 3.77. The molecule has 0 spiro atoms. The first-order valence-electron chi connectivity index (χ1n) is 5.85. The van der Waals surface area contributed by atoms with E-state index in [0.29, 0.717) is 5.75 Å². The summed E-state index contributed by atoms with van der Waals surface area (Å²) in [6, 6.07) is 9.73. The first-order valence-corrected chi connectivity index (χ1v) is 8.14. The topological polar surface area (TPSA) is 69.4 Å². The SMILES string of the molecule is CS(=O)(=O)c1cccc(Oc2ccc(F)cc2C(N)=S)c1. The molecule has 2 aromatic carbocycles. The standard InChI is InChI=1S/C14H12FNO3S2/c1-21(17,18)11-4-2-3-10(8-11)19-13-6-5-9(15)7-12(13)14(16)20/h2-8H,1H3,(H2,16,20). The summed E-state index contributed by atoms with van der Waals surface area (Å²) in [6.07, 6.45) is 1.10. The quantitative estimate of drug-likeness (QED) is 0.875.